The van der Waals surface area contributed by atoms with Crippen molar-refractivity contribution in [2.24, 2.45) is 0 Å². The number of nitrogens with one attached hydrogen (secondary N) is 1. The SMILES string of the molecule is O=C(COc1ccc(Cl)cc1)NC1CCN(C(=O)CCOc2ccccc2)CC1. The van der Waals surface area contributed by atoms with Crippen LogP contribution in [0.25, 0.3) is 0 Å². The van der Waals surface area contributed by atoms with E-state index < -0.39 is 0 Å². The lowest BCUT2D eigenvalue weighted by molar-refractivity contribution is -0.133. The molecule has 1 aliphatic heterocycles. The van der Waals surface area contributed by atoms with Crippen molar-refractivity contribution in [3.63, 3.8) is 0 Å². The second kappa shape index (κ2) is 10.7. The van der Waals surface area contributed by atoms with Crippen LogP contribution in [0.4, 0.5) is 0 Å². The summed E-state index contributed by atoms with van der Waals surface area (Å²) in [4.78, 5) is 26.2. The van der Waals surface area contributed by atoms with E-state index in [-0.39, 0.29) is 24.5 Å². The maximum absolute atomic E-state index is 12.3. The zero-order valence-corrected chi connectivity index (χ0v) is 16.9. The van der Waals surface area contributed by atoms with E-state index in [0.29, 0.717) is 36.9 Å². The fourth-order valence-electron chi connectivity index (χ4n) is 3.15. The van der Waals surface area contributed by atoms with Gasteiger partial charge in [0, 0.05) is 24.2 Å². The third-order valence-electron chi connectivity index (χ3n) is 4.72. The molecule has 0 aliphatic carbocycles. The first-order chi connectivity index (χ1) is 14.1. The van der Waals surface area contributed by atoms with Gasteiger partial charge in [0.15, 0.2) is 6.61 Å². The molecule has 1 saturated heterocycles. The van der Waals surface area contributed by atoms with Gasteiger partial charge < -0.3 is 19.7 Å². The Bertz CT molecular complexity index is 790. The molecule has 6 nitrogen and oxygen atoms in total. The lowest BCUT2D eigenvalue weighted by atomic mass is 10.0. The number of piperidine rings is 1. The molecule has 0 aromatic heterocycles. The van der Waals surface area contributed by atoms with Crippen LogP contribution in [0.3, 0.4) is 0 Å². The van der Waals surface area contributed by atoms with Gasteiger partial charge in [0.2, 0.25) is 5.91 Å². The molecule has 2 aromatic carbocycles. The number of nitrogens with zero attached hydrogens (tertiary/aromatic N) is 1. The molecule has 29 heavy (non-hydrogen) atoms. The van der Waals surface area contributed by atoms with E-state index in [1.54, 1.807) is 24.3 Å². The van der Waals surface area contributed by atoms with Gasteiger partial charge in [-0.2, -0.15) is 0 Å². The lowest BCUT2D eigenvalue weighted by Gasteiger charge is -2.32. The van der Waals surface area contributed by atoms with Gasteiger partial charge >= 0.3 is 0 Å². The number of halogens is 1. The summed E-state index contributed by atoms with van der Waals surface area (Å²) in [6, 6.07) is 16.4. The highest BCUT2D eigenvalue weighted by molar-refractivity contribution is 6.30. The summed E-state index contributed by atoms with van der Waals surface area (Å²) in [7, 11) is 0. The van der Waals surface area contributed by atoms with E-state index in [1.807, 2.05) is 35.2 Å². The molecule has 154 valence electrons. The van der Waals surface area contributed by atoms with E-state index in [9.17, 15) is 9.59 Å². The molecule has 2 aromatic rings. The largest absolute Gasteiger partial charge is 0.493 e. The maximum atomic E-state index is 12.3. The van der Waals surface area contributed by atoms with Crippen molar-refractivity contribution in [2.45, 2.75) is 25.3 Å². The number of ether oxygens (including phenoxy) is 2. The third-order valence-corrected chi connectivity index (χ3v) is 4.98. The van der Waals surface area contributed by atoms with Crippen molar-refractivity contribution < 1.29 is 19.1 Å². The normalized spacial score (nSPS) is 14.3. The van der Waals surface area contributed by atoms with Gasteiger partial charge in [0.25, 0.3) is 5.91 Å². The van der Waals surface area contributed by atoms with E-state index >= 15 is 0 Å². The van der Waals surface area contributed by atoms with Crippen LogP contribution >= 0.6 is 11.6 Å². The lowest BCUT2D eigenvalue weighted by Crippen LogP contribution is -2.47. The quantitative estimate of drug-likeness (QED) is 0.717. The highest BCUT2D eigenvalue weighted by Gasteiger charge is 2.23. The Balaban J connectivity index is 1.31. The van der Waals surface area contributed by atoms with Crippen LogP contribution in [-0.2, 0) is 9.59 Å². The first kappa shape index (κ1) is 21.0. The van der Waals surface area contributed by atoms with Crippen molar-refractivity contribution in [3.8, 4) is 11.5 Å². The molecule has 1 fully saturated rings. The minimum atomic E-state index is -0.166. The summed E-state index contributed by atoms with van der Waals surface area (Å²) >= 11 is 5.82. The first-order valence-corrected chi connectivity index (χ1v) is 10.1. The minimum absolute atomic E-state index is 0.0440. The number of rotatable bonds is 8. The molecule has 0 saturated carbocycles. The molecular formula is C22H25ClN2O4. The molecule has 1 heterocycles. The zero-order valence-electron chi connectivity index (χ0n) is 16.2. The van der Waals surface area contributed by atoms with E-state index in [0.717, 1.165) is 18.6 Å². The molecule has 3 rings (SSSR count). The van der Waals surface area contributed by atoms with E-state index in [1.165, 1.54) is 0 Å². The number of likely N-dealkylation sites (tertiary alicyclic amines) is 1. The summed E-state index contributed by atoms with van der Waals surface area (Å²) in [5.41, 5.74) is 0. The summed E-state index contributed by atoms with van der Waals surface area (Å²) in [5, 5.41) is 3.59. The topological polar surface area (TPSA) is 67.9 Å². The number of benzene rings is 2. The van der Waals surface area contributed by atoms with Crippen LogP contribution in [0.2, 0.25) is 5.02 Å². The number of hydrogen-bond donors (Lipinski definition) is 1. The van der Waals surface area contributed by atoms with Crippen LogP contribution in [-0.4, -0.2) is 49.1 Å². The Morgan fingerprint density at radius 1 is 0.966 bits per heavy atom. The molecule has 2 amide bonds. The van der Waals surface area contributed by atoms with Gasteiger partial charge in [-0.3, -0.25) is 9.59 Å². The van der Waals surface area contributed by atoms with Crippen molar-refractivity contribution in [1.29, 1.82) is 0 Å². The molecule has 0 spiro atoms. The Morgan fingerprint density at radius 3 is 2.31 bits per heavy atom. The van der Waals surface area contributed by atoms with Crippen LogP contribution in [0.15, 0.2) is 54.6 Å². The number of carbonyl (C=O) groups is 2. The number of carbonyl (C=O) groups excluding carboxylic acids is 2. The van der Waals surface area contributed by atoms with Crippen LogP contribution in [0.1, 0.15) is 19.3 Å². The fourth-order valence-corrected chi connectivity index (χ4v) is 3.28. The average molecular weight is 417 g/mol. The second-order valence-corrected chi connectivity index (χ2v) is 7.31. The first-order valence-electron chi connectivity index (χ1n) is 9.73. The maximum Gasteiger partial charge on any atom is 0.258 e. The fraction of sp³-hybridized carbons (Fsp3) is 0.364. The molecule has 1 aliphatic rings. The summed E-state index contributed by atoms with van der Waals surface area (Å²) in [6.07, 6.45) is 1.82. The highest BCUT2D eigenvalue weighted by Crippen LogP contribution is 2.16. The van der Waals surface area contributed by atoms with Gasteiger partial charge in [-0.25, -0.2) is 0 Å². The average Bonchev–Trinajstić information content (AvgIpc) is 2.74. The number of amides is 2. The molecule has 7 heteroatoms. The summed E-state index contributed by atoms with van der Waals surface area (Å²) < 4.78 is 11.0. The Hall–Kier alpha value is -2.73. The van der Waals surface area contributed by atoms with Crippen LogP contribution < -0.4 is 14.8 Å². The van der Waals surface area contributed by atoms with Gasteiger partial charge in [-0.15, -0.1) is 0 Å². The highest BCUT2D eigenvalue weighted by atomic mass is 35.5. The van der Waals surface area contributed by atoms with Crippen molar-refractivity contribution in [1.82, 2.24) is 10.2 Å². The van der Waals surface area contributed by atoms with Gasteiger partial charge in [-0.1, -0.05) is 29.8 Å². The Kier molecular flexibility index (Phi) is 7.76. The van der Waals surface area contributed by atoms with Gasteiger partial charge in [-0.05, 0) is 49.2 Å². The predicted molar refractivity (Wildman–Crippen MR) is 111 cm³/mol. The van der Waals surface area contributed by atoms with Crippen molar-refractivity contribution in [3.05, 3.63) is 59.6 Å². The monoisotopic (exact) mass is 416 g/mol. The molecular weight excluding hydrogens is 392 g/mol. The standard InChI is InChI=1S/C22H25ClN2O4/c23-17-6-8-20(9-7-17)29-16-21(26)24-18-10-13-25(14-11-18)22(27)12-15-28-19-4-2-1-3-5-19/h1-9,18H,10-16H2,(H,24,26). The number of hydrogen-bond acceptors (Lipinski definition) is 4. The van der Waals surface area contributed by atoms with Gasteiger partial charge in [0.1, 0.15) is 11.5 Å². The molecule has 0 atom stereocenters. The predicted octanol–water partition coefficient (Wildman–Crippen LogP) is 3.30. The third kappa shape index (κ3) is 6.98. The van der Waals surface area contributed by atoms with Crippen molar-refractivity contribution >= 4 is 23.4 Å². The smallest absolute Gasteiger partial charge is 0.258 e. The van der Waals surface area contributed by atoms with Gasteiger partial charge in [0.05, 0.1) is 13.0 Å². The van der Waals surface area contributed by atoms with Crippen LogP contribution in [0, 0.1) is 0 Å². The van der Waals surface area contributed by atoms with Crippen LogP contribution in [0.5, 0.6) is 11.5 Å². The molecule has 0 unspecified atom stereocenters. The zero-order chi connectivity index (χ0) is 20.5. The summed E-state index contributed by atoms with van der Waals surface area (Å²) in [6.45, 7) is 1.58. The molecule has 0 radical (unpaired) electrons. The summed E-state index contributed by atoms with van der Waals surface area (Å²) in [5.74, 6) is 1.28. The van der Waals surface area contributed by atoms with E-state index in [2.05, 4.69) is 5.32 Å². The van der Waals surface area contributed by atoms with Crippen molar-refractivity contribution in [2.75, 3.05) is 26.3 Å². The second-order valence-electron chi connectivity index (χ2n) is 6.88. The number of para-hydroxylation sites is 1. The Labute approximate surface area is 175 Å². The minimum Gasteiger partial charge on any atom is -0.493 e. The Morgan fingerprint density at radius 2 is 1.62 bits per heavy atom. The molecule has 0 bridgehead atoms. The van der Waals surface area contributed by atoms with E-state index in [4.69, 9.17) is 21.1 Å². The molecule has 1 N–H and O–H groups in total.